The van der Waals surface area contributed by atoms with Crippen LogP contribution in [0, 0.1) is 0 Å². The minimum absolute atomic E-state index is 0.689. The van der Waals surface area contributed by atoms with Crippen molar-refractivity contribution in [1.29, 1.82) is 0 Å². The molecule has 2 aliphatic heterocycles. The lowest BCUT2D eigenvalue weighted by atomic mass is 10.1. The van der Waals surface area contributed by atoms with Crippen LogP contribution in [0.25, 0.3) is 0 Å². The van der Waals surface area contributed by atoms with Crippen LogP contribution in [0.3, 0.4) is 0 Å². The van der Waals surface area contributed by atoms with Crippen molar-refractivity contribution < 1.29 is 9.47 Å². The van der Waals surface area contributed by atoms with Crippen molar-refractivity contribution in [2.45, 2.75) is 29.6 Å². The molecular formula is C25H33N3O2S. The van der Waals surface area contributed by atoms with Crippen molar-refractivity contribution in [2.24, 2.45) is 4.99 Å². The first-order valence-corrected chi connectivity index (χ1v) is 12.2. The fourth-order valence-electron chi connectivity index (χ4n) is 3.86. The molecule has 0 atom stereocenters. The molecule has 0 radical (unpaired) electrons. The SMILES string of the molecule is CCCCOCCOCCN1CCN(C2=Nc3ccccc3Sc3ccccc32)CC1. The van der Waals surface area contributed by atoms with Gasteiger partial charge in [-0.2, -0.15) is 0 Å². The molecule has 1 fully saturated rings. The van der Waals surface area contributed by atoms with Crippen LogP contribution in [-0.2, 0) is 9.47 Å². The van der Waals surface area contributed by atoms with Crippen molar-refractivity contribution in [3.05, 3.63) is 54.1 Å². The lowest BCUT2D eigenvalue weighted by molar-refractivity contribution is 0.0341. The highest BCUT2D eigenvalue weighted by atomic mass is 32.2. The number of para-hydroxylation sites is 1. The Kier molecular flexibility index (Phi) is 8.41. The number of piperazine rings is 1. The van der Waals surface area contributed by atoms with Gasteiger partial charge in [-0.15, -0.1) is 0 Å². The van der Waals surface area contributed by atoms with E-state index in [1.54, 1.807) is 0 Å². The third-order valence-electron chi connectivity index (χ3n) is 5.68. The van der Waals surface area contributed by atoms with Gasteiger partial charge < -0.3 is 14.4 Å². The quantitative estimate of drug-likeness (QED) is 0.530. The minimum atomic E-state index is 0.689. The van der Waals surface area contributed by atoms with Crippen LogP contribution in [0.2, 0.25) is 0 Å². The number of nitrogens with zero attached hydrogens (tertiary/aromatic N) is 3. The topological polar surface area (TPSA) is 37.3 Å². The van der Waals surface area contributed by atoms with Crippen molar-refractivity contribution >= 4 is 23.3 Å². The van der Waals surface area contributed by atoms with Gasteiger partial charge in [-0.3, -0.25) is 4.90 Å². The van der Waals surface area contributed by atoms with Gasteiger partial charge in [0, 0.05) is 54.7 Å². The third-order valence-corrected chi connectivity index (χ3v) is 6.82. The van der Waals surface area contributed by atoms with Gasteiger partial charge in [0.25, 0.3) is 0 Å². The standard InChI is InChI=1S/C25H33N3O2S/c1-2-3-17-29-19-20-30-18-16-27-12-14-28(15-13-27)25-21-8-4-6-10-23(21)31-24-11-7-5-9-22(24)26-25/h4-11H,2-3,12-20H2,1H3. The zero-order valence-corrected chi connectivity index (χ0v) is 19.3. The highest BCUT2D eigenvalue weighted by molar-refractivity contribution is 7.99. The average Bonchev–Trinajstić information content (AvgIpc) is 2.98. The van der Waals surface area contributed by atoms with E-state index in [2.05, 4.69) is 65.3 Å². The second kappa shape index (κ2) is 11.7. The summed E-state index contributed by atoms with van der Waals surface area (Å²) in [6.07, 6.45) is 2.31. The predicted octanol–water partition coefficient (Wildman–Crippen LogP) is 4.68. The van der Waals surface area contributed by atoms with Gasteiger partial charge >= 0.3 is 0 Å². The molecule has 0 amide bonds. The van der Waals surface area contributed by atoms with Crippen LogP contribution in [0.1, 0.15) is 25.3 Å². The molecule has 166 valence electrons. The maximum absolute atomic E-state index is 5.76. The van der Waals surface area contributed by atoms with Crippen LogP contribution >= 0.6 is 11.8 Å². The molecule has 31 heavy (non-hydrogen) atoms. The number of rotatable bonds is 9. The minimum Gasteiger partial charge on any atom is -0.379 e. The second-order valence-electron chi connectivity index (χ2n) is 7.91. The van der Waals surface area contributed by atoms with Gasteiger partial charge in [0.1, 0.15) is 5.84 Å². The summed E-state index contributed by atoms with van der Waals surface area (Å²) in [6, 6.07) is 17.1. The van der Waals surface area contributed by atoms with Crippen molar-refractivity contribution in [3.8, 4) is 0 Å². The van der Waals surface area contributed by atoms with Gasteiger partial charge in [0.15, 0.2) is 0 Å². The van der Waals surface area contributed by atoms with Gasteiger partial charge in [0.05, 0.1) is 25.5 Å². The number of aliphatic imine (C=N–C) groups is 1. The summed E-state index contributed by atoms with van der Waals surface area (Å²) in [7, 11) is 0. The molecule has 0 aliphatic carbocycles. The molecule has 0 aromatic heterocycles. The van der Waals surface area contributed by atoms with Crippen LogP contribution in [0.15, 0.2) is 63.3 Å². The highest BCUT2D eigenvalue weighted by Gasteiger charge is 2.24. The van der Waals surface area contributed by atoms with E-state index < -0.39 is 0 Å². The molecule has 6 heteroatoms. The van der Waals surface area contributed by atoms with Crippen molar-refractivity contribution in [3.63, 3.8) is 0 Å². The van der Waals surface area contributed by atoms with Crippen LogP contribution in [0.5, 0.6) is 0 Å². The predicted molar refractivity (Wildman–Crippen MR) is 128 cm³/mol. The Morgan fingerprint density at radius 2 is 1.55 bits per heavy atom. The fraction of sp³-hybridized carbons (Fsp3) is 0.480. The number of unbranched alkanes of at least 4 members (excludes halogenated alkanes) is 1. The maximum atomic E-state index is 5.76. The Morgan fingerprint density at radius 3 is 2.35 bits per heavy atom. The molecule has 0 unspecified atom stereocenters. The molecule has 5 nitrogen and oxygen atoms in total. The molecule has 2 aromatic carbocycles. The summed E-state index contributed by atoms with van der Waals surface area (Å²) in [4.78, 5) is 12.5. The number of amidine groups is 1. The number of hydrogen-bond donors (Lipinski definition) is 0. The summed E-state index contributed by atoms with van der Waals surface area (Å²) in [5.41, 5.74) is 2.30. The summed E-state index contributed by atoms with van der Waals surface area (Å²) >= 11 is 1.81. The van der Waals surface area contributed by atoms with E-state index in [4.69, 9.17) is 14.5 Å². The van der Waals surface area contributed by atoms with Crippen molar-refractivity contribution in [2.75, 3.05) is 59.2 Å². The number of benzene rings is 2. The molecule has 0 saturated carbocycles. The molecule has 2 aromatic rings. The number of ether oxygens (including phenoxy) is 2. The Bertz CT molecular complexity index is 865. The molecular weight excluding hydrogens is 406 g/mol. The maximum Gasteiger partial charge on any atom is 0.137 e. The number of hydrogen-bond acceptors (Lipinski definition) is 6. The summed E-state index contributed by atoms with van der Waals surface area (Å²) in [6.45, 7) is 10.2. The molecule has 2 aliphatic rings. The van der Waals surface area contributed by atoms with Crippen LogP contribution in [-0.4, -0.2) is 74.8 Å². The van der Waals surface area contributed by atoms with Crippen molar-refractivity contribution in [1.82, 2.24) is 9.80 Å². The van der Waals surface area contributed by atoms with Gasteiger partial charge in [0.2, 0.25) is 0 Å². The van der Waals surface area contributed by atoms with E-state index in [9.17, 15) is 0 Å². The van der Waals surface area contributed by atoms with Gasteiger partial charge in [-0.25, -0.2) is 4.99 Å². The Labute approximate surface area is 190 Å². The number of fused-ring (bicyclic) bond motifs is 2. The first-order valence-electron chi connectivity index (χ1n) is 11.4. The lowest BCUT2D eigenvalue weighted by Crippen LogP contribution is -2.49. The van der Waals surface area contributed by atoms with Gasteiger partial charge in [-0.1, -0.05) is 55.4 Å². The second-order valence-corrected chi connectivity index (χ2v) is 8.99. The molecule has 0 spiro atoms. The zero-order valence-electron chi connectivity index (χ0n) is 18.5. The largest absolute Gasteiger partial charge is 0.379 e. The van der Waals surface area contributed by atoms with Crippen LogP contribution in [0.4, 0.5) is 5.69 Å². The molecule has 0 bridgehead atoms. The highest BCUT2D eigenvalue weighted by Crippen LogP contribution is 2.40. The van der Waals surface area contributed by atoms with E-state index in [1.807, 2.05) is 11.8 Å². The normalized spacial score (nSPS) is 16.4. The first kappa shape index (κ1) is 22.3. The summed E-state index contributed by atoms with van der Waals surface area (Å²) in [5.74, 6) is 1.10. The van der Waals surface area contributed by atoms with Crippen LogP contribution < -0.4 is 0 Å². The Balaban J connectivity index is 1.30. The first-order chi connectivity index (χ1) is 15.3. The van der Waals surface area contributed by atoms with E-state index in [1.165, 1.54) is 21.8 Å². The Morgan fingerprint density at radius 1 is 0.839 bits per heavy atom. The zero-order chi connectivity index (χ0) is 21.3. The van der Waals surface area contributed by atoms with E-state index in [-0.39, 0.29) is 0 Å². The van der Waals surface area contributed by atoms with Gasteiger partial charge in [-0.05, 0) is 24.6 Å². The van der Waals surface area contributed by atoms with E-state index in [0.29, 0.717) is 13.2 Å². The monoisotopic (exact) mass is 439 g/mol. The average molecular weight is 440 g/mol. The van der Waals surface area contributed by atoms with E-state index in [0.717, 1.165) is 63.9 Å². The lowest BCUT2D eigenvalue weighted by Gasteiger charge is -2.36. The molecule has 0 N–H and O–H groups in total. The summed E-state index contributed by atoms with van der Waals surface area (Å²) in [5, 5.41) is 0. The molecule has 1 saturated heterocycles. The fourth-order valence-corrected chi connectivity index (χ4v) is 4.87. The smallest absolute Gasteiger partial charge is 0.137 e. The molecule has 2 heterocycles. The molecule has 4 rings (SSSR count). The van der Waals surface area contributed by atoms with E-state index >= 15 is 0 Å². The third kappa shape index (κ3) is 6.10. The summed E-state index contributed by atoms with van der Waals surface area (Å²) < 4.78 is 11.3. The Hall–Kier alpha value is -1.86.